The van der Waals surface area contributed by atoms with Gasteiger partial charge in [-0.3, -0.25) is 4.90 Å². The number of likely N-dealkylation sites (tertiary alicyclic amines) is 1. The molecular weight excluding hydrogens is 356 g/mol. The predicted molar refractivity (Wildman–Crippen MR) is 107 cm³/mol. The summed E-state index contributed by atoms with van der Waals surface area (Å²) in [5, 5.41) is 3.26. The minimum atomic E-state index is 0.0175. The van der Waals surface area contributed by atoms with Gasteiger partial charge in [-0.1, -0.05) is 29.8 Å². The van der Waals surface area contributed by atoms with Crippen LogP contribution in [0.4, 0.5) is 0 Å². The van der Waals surface area contributed by atoms with E-state index in [0.717, 1.165) is 44.9 Å². The van der Waals surface area contributed by atoms with E-state index < -0.39 is 0 Å². The van der Waals surface area contributed by atoms with Crippen molar-refractivity contribution in [2.45, 2.75) is 38.5 Å². The molecule has 0 radical (unpaired) electrons. The third-order valence-electron chi connectivity index (χ3n) is 5.89. The van der Waals surface area contributed by atoms with E-state index in [9.17, 15) is 0 Å². The number of benzene rings is 1. The molecule has 2 aliphatic rings. The van der Waals surface area contributed by atoms with E-state index in [4.69, 9.17) is 9.72 Å². The lowest BCUT2D eigenvalue weighted by atomic mass is 9.86. The number of thiazole rings is 1. The van der Waals surface area contributed by atoms with E-state index in [1.165, 1.54) is 21.8 Å². The summed E-state index contributed by atoms with van der Waals surface area (Å²) in [5.41, 5.74) is 3.77. The molecule has 2 aliphatic heterocycles. The Hall–Kier alpha value is -2.02. The SMILES string of the molecule is Cc1ccc(-c2cnc3n2C2(CCN(Cc4nccs4)CC2)COC3)cc1. The van der Waals surface area contributed by atoms with Gasteiger partial charge < -0.3 is 9.30 Å². The van der Waals surface area contributed by atoms with Crippen LogP contribution < -0.4 is 0 Å². The maximum atomic E-state index is 5.99. The minimum Gasteiger partial charge on any atom is -0.371 e. The van der Waals surface area contributed by atoms with Gasteiger partial charge in [0.2, 0.25) is 0 Å². The lowest BCUT2D eigenvalue weighted by Gasteiger charge is -2.46. The van der Waals surface area contributed by atoms with Crippen LogP contribution in [0.2, 0.25) is 0 Å². The van der Waals surface area contributed by atoms with E-state index in [0.29, 0.717) is 6.61 Å². The van der Waals surface area contributed by atoms with Crippen molar-refractivity contribution in [2.75, 3.05) is 19.7 Å². The van der Waals surface area contributed by atoms with E-state index in [1.807, 2.05) is 12.4 Å². The van der Waals surface area contributed by atoms with Crippen LogP contribution in [0.25, 0.3) is 11.3 Å². The van der Waals surface area contributed by atoms with Crippen LogP contribution in [0.15, 0.2) is 42.0 Å². The van der Waals surface area contributed by atoms with Gasteiger partial charge >= 0.3 is 0 Å². The fraction of sp³-hybridized carbons (Fsp3) is 0.429. The van der Waals surface area contributed by atoms with Gasteiger partial charge in [0.15, 0.2) is 0 Å². The molecule has 1 spiro atoms. The number of imidazole rings is 1. The van der Waals surface area contributed by atoms with E-state index in [-0.39, 0.29) is 5.54 Å². The molecule has 5 nitrogen and oxygen atoms in total. The van der Waals surface area contributed by atoms with Gasteiger partial charge in [0.05, 0.1) is 30.6 Å². The molecule has 0 bridgehead atoms. The molecular formula is C21H24N4OS. The Bertz CT molecular complexity index is 908. The number of rotatable bonds is 3. The van der Waals surface area contributed by atoms with Crippen molar-refractivity contribution in [1.82, 2.24) is 19.4 Å². The zero-order valence-corrected chi connectivity index (χ0v) is 16.4. The number of hydrogen-bond donors (Lipinski definition) is 0. The highest BCUT2D eigenvalue weighted by molar-refractivity contribution is 7.09. The van der Waals surface area contributed by atoms with Gasteiger partial charge in [-0.15, -0.1) is 11.3 Å². The van der Waals surface area contributed by atoms with Crippen molar-refractivity contribution < 1.29 is 4.74 Å². The smallest absolute Gasteiger partial charge is 0.135 e. The number of piperidine rings is 1. The summed E-state index contributed by atoms with van der Waals surface area (Å²) in [6, 6.07) is 8.77. The quantitative estimate of drug-likeness (QED) is 0.692. The Morgan fingerprint density at radius 2 is 1.96 bits per heavy atom. The molecule has 0 unspecified atom stereocenters. The topological polar surface area (TPSA) is 43.2 Å². The third-order valence-corrected chi connectivity index (χ3v) is 6.65. The van der Waals surface area contributed by atoms with E-state index in [1.54, 1.807) is 11.3 Å². The third kappa shape index (κ3) is 3.12. The number of fused-ring (bicyclic) bond motifs is 2. The molecule has 6 heteroatoms. The number of nitrogens with zero attached hydrogens (tertiary/aromatic N) is 4. The Labute approximate surface area is 163 Å². The van der Waals surface area contributed by atoms with Crippen molar-refractivity contribution in [3.05, 3.63) is 58.4 Å². The van der Waals surface area contributed by atoms with Crippen molar-refractivity contribution in [1.29, 1.82) is 0 Å². The molecule has 27 heavy (non-hydrogen) atoms. The van der Waals surface area contributed by atoms with E-state index in [2.05, 4.69) is 51.0 Å². The number of aromatic nitrogens is 3. The highest BCUT2D eigenvalue weighted by Gasteiger charge is 2.42. The Morgan fingerprint density at radius 1 is 1.15 bits per heavy atom. The average Bonchev–Trinajstić information content (AvgIpc) is 3.35. The summed E-state index contributed by atoms with van der Waals surface area (Å²) in [4.78, 5) is 11.7. The summed E-state index contributed by atoms with van der Waals surface area (Å²) < 4.78 is 8.47. The molecule has 5 rings (SSSR count). The highest BCUT2D eigenvalue weighted by atomic mass is 32.1. The molecule has 0 saturated carbocycles. The lowest BCUT2D eigenvalue weighted by Crippen LogP contribution is -2.51. The second-order valence-corrected chi connectivity index (χ2v) is 8.66. The normalized spacial score (nSPS) is 19.3. The predicted octanol–water partition coefficient (Wildman–Crippen LogP) is 3.84. The van der Waals surface area contributed by atoms with Crippen LogP contribution in [-0.4, -0.2) is 39.1 Å². The van der Waals surface area contributed by atoms with Crippen molar-refractivity contribution in [3.63, 3.8) is 0 Å². The van der Waals surface area contributed by atoms with Gasteiger partial charge in [-0.25, -0.2) is 9.97 Å². The Morgan fingerprint density at radius 3 is 2.70 bits per heavy atom. The van der Waals surface area contributed by atoms with Crippen LogP contribution >= 0.6 is 11.3 Å². The van der Waals surface area contributed by atoms with Gasteiger partial charge in [0.25, 0.3) is 0 Å². The van der Waals surface area contributed by atoms with Gasteiger partial charge in [0, 0.05) is 24.7 Å². The summed E-state index contributed by atoms with van der Waals surface area (Å²) in [6.45, 7) is 6.60. The van der Waals surface area contributed by atoms with Gasteiger partial charge in [0.1, 0.15) is 17.4 Å². The van der Waals surface area contributed by atoms with Crippen molar-refractivity contribution in [2.24, 2.45) is 0 Å². The Kier molecular flexibility index (Phi) is 4.34. The maximum Gasteiger partial charge on any atom is 0.135 e. The van der Waals surface area contributed by atoms with Crippen LogP contribution in [0, 0.1) is 6.92 Å². The van der Waals surface area contributed by atoms with E-state index >= 15 is 0 Å². The summed E-state index contributed by atoms with van der Waals surface area (Å²) in [5.74, 6) is 1.06. The first-order valence-corrected chi connectivity index (χ1v) is 10.4. The van der Waals surface area contributed by atoms with Gasteiger partial charge in [-0.05, 0) is 25.3 Å². The first kappa shape index (κ1) is 17.1. The lowest BCUT2D eigenvalue weighted by molar-refractivity contribution is -0.0315. The zero-order chi connectivity index (χ0) is 18.3. The van der Waals surface area contributed by atoms with Crippen LogP contribution in [0.5, 0.6) is 0 Å². The first-order valence-electron chi connectivity index (χ1n) is 9.56. The molecule has 2 aromatic heterocycles. The van der Waals surface area contributed by atoms with Gasteiger partial charge in [-0.2, -0.15) is 0 Å². The molecule has 3 aromatic rings. The maximum absolute atomic E-state index is 5.99. The van der Waals surface area contributed by atoms with Crippen LogP contribution in [0.3, 0.4) is 0 Å². The number of aryl methyl sites for hydroxylation is 1. The monoisotopic (exact) mass is 380 g/mol. The van der Waals surface area contributed by atoms with Crippen LogP contribution in [0.1, 0.15) is 29.2 Å². The minimum absolute atomic E-state index is 0.0175. The second-order valence-electron chi connectivity index (χ2n) is 7.68. The van der Waals surface area contributed by atoms with Crippen molar-refractivity contribution in [3.8, 4) is 11.3 Å². The molecule has 140 valence electrons. The summed E-state index contributed by atoms with van der Waals surface area (Å²) in [7, 11) is 0. The number of hydrogen-bond acceptors (Lipinski definition) is 5. The molecule has 0 atom stereocenters. The highest BCUT2D eigenvalue weighted by Crippen LogP contribution is 2.39. The molecule has 0 aliphatic carbocycles. The fourth-order valence-electron chi connectivity index (χ4n) is 4.36. The molecule has 0 N–H and O–H groups in total. The molecule has 1 fully saturated rings. The number of ether oxygens (including phenoxy) is 1. The van der Waals surface area contributed by atoms with Crippen LogP contribution in [-0.2, 0) is 23.4 Å². The Balaban J connectivity index is 1.43. The summed E-state index contributed by atoms with van der Waals surface area (Å²) in [6.07, 6.45) is 6.09. The zero-order valence-electron chi connectivity index (χ0n) is 15.6. The first-order chi connectivity index (χ1) is 13.2. The molecule has 1 aromatic carbocycles. The standard InChI is InChI=1S/C21H24N4OS/c1-16-2-4-17(5-3-16)18-12-23-19-14-26-15-21(25(18)19)6-9-24(10-7-21)13-20-22-8-11-27-20/h2-5,8,11-12H,6-7,9-10,13-15H2,1H3. The largest absolute Gasteiger partial charge is 0.371 e. The average molecular weight is 381 g/mol. The molecule has 4 heterocycles. The fourth-order valence-corrected chi connectivity index (χ4v) is 5.02. The summed E-state index contributed by atoms with van der Waals surface area (Å²) >= 11 is 1.74. The molecule has 0 amide bonds. The van der Waals surface area contributed by atoms with Crippen molar-refractivity contribution >= 4 is 11.3 Å². The second kappa shape index (κ2) is 6.86. The molecule has 1 saturated heterocycles.